The first-order valence-corrected chi connectivity index (χ1v) is 6.32. The van der Waals surface area contributed by atoms with Gasteiger partial charge >= 0.3 is 0 Å². The second-order valence-electron chi connectivity index (χ2n) is 4.58. The van der Waals surface area contributed by atoms with E-state index in [9.17, 15) is 24.5 Å². The predicted molar refractivity (Wildman–Crippen MR) is 73.1 cm³/mol. The maximum absolute atomic E-state index is 11.8. The van der Waals surface area contributed by atoms with Crippen LogP contribution in [0, 0.1) is 10.1 Å². The molecule has 0 aliphatic carbocycles. The Kier molecular flexibility index (Phi) is 3.97. The number of carbonyl (C=O) groups is 3. The van der Waals surface area contributed by atoms with E-state index >= 15 is 0 Å². The van der Waals surface area contributed by atoms with Gasteiger partial charge in [0.2, 0.25) is 11.8 Å². The zero-order valence-electron chi connectivity index (χ0n) is 11.2. The van der Waals surface area contributed by atoms with Crippen molar-refractivity contribution in [3.63, 3.8) is 0 Å². The largest absolute Gasteiger partial charge is 0.350 e. The summed E-state index contributed by atoms with van der Waals surface area (Å²) in [5.41, 5.74) is 0.0260. The highest BCUT2D eigenvalue weighted by molar-refractivity contribution is 6.04. The number of carbonyl (C=O) groups excluding carboxylic acids is 3. The highest BCUT2D eigenvalue weighted by Gasteiger charge is 2.33. The summed E-state index contributed by atoms with van der Waals surface area (Å²) >= 11 is 0. The molecule has 1 fully saturated rings. The van der Waals surface area contributed by atoms with Crippen molar-refractivity contribution in [3.8, 4) is 0 Å². The number of amides is 2. The molecule has 0 spiro atoms. The van der Waals surface area contributed by atoms with Crippen LogP contribution in [0.5, 0.6) is 0 Å². The van der Waals surface area contributed by atoms with E-state index < -0.39 is 22.8 Å². The highest BCUT2D eigenvalue weighted by Crippen LogP contribution is 2.26. The molecule has 1 saturated heterocycles. The van der Waals surface area contributed by atoms with E-state index in [0.29, 0.717) is 18.4 Å². The van der Waals surface area contributed by atoms with Gasteiger partial charge < -0.3 is 4.90 Å². The Bertz CT molecular complexity index is 628. The van der Waals surface area contributed by atoms with Crippen molar-refractivity contribution in [3.05, 3.63) is 33.9 Å². The van der Waals surface area contributed by atoms with Crippen molar-refractivity contribution in [2.45, 2.75) is 19.4 Å². The van der Waals surface area contributed by atoms with Crippen molar-refractivity contribution >= 4 is 29.5 Å². The van der Waals surface area contributed by atoms with Crippen LogP contribution in [0.15, 0.2) is 18.2 Å². The fourth-order valence-electron chi connectivity index (χ4n) is 2.32. The van der Waals surface area contributed by atoms with Gasteiger partial charge in [0.1, 0.15) is 6.04 Å². The van der Waals surface area contributed by atoms with Crippen LogP contribution in [-0.2, 0) is 9.59 Å². The molecule has 8 heteroatoms. The van der Waals surface area contributed by atoms with E-state index in [2.05, 4.69) is 5.32 Å². The maximum Gasteiger partial charge on any atom is 0.280 e. The smallest absolute Gasteiger partial charge is 0.280 e. The SMILES string of the molecule is CCC1C(=O)NC(=O)CN1c1ccc([N+](=O)[O-])c(C=O)c1. The minimum atomic E-state index is -0.654. The highest BCUT2D eigenvalue weighted by atomic mass is 16.6. The Balaban J connectivity index is 2.44. The number of aldehydes is 1. The van der Waals surface area contributed by atoms with Crippen molar-refractivity contribution in [2.24, 2.45) is 0 Å². The van der Waals surface area contributed by atoms with Crippen LogP contribution in [0.1, 0.15) is 23.7 Å². The molecule has 1 heterocycles. The Labute approximate surface area is 119 Å². The summed E-state index contributed by atoms with van der Waals surface area (Å²) in [7, 11) is 0. The molecular weight excluding hydrogens is 278 g/mol. The van der Waals surface area contributed by atoms with Crippen molar-refractivity contribution in [1.29, 1.82) is 0 Å². The number of nitro benzene ring substituents is 1. The third-order valence-corrected chi connectivity index (χ3v) is 3.31. The molecule has 110 valence electrons. The average Bonchev–Trinajstić information content (AvgIpc) is 2.45. The van der Waals surface area contributed by atoms with Gasteiger partial charge in [0.05, 0.1) is 17.0 Å². The minimum Gasteiger partial charge on any atom is -0.350 e. The normalized spacial score (nSPS) is 18.3. The third kappa shape index (κ3) is 2.73. The van der Waals surface area contributed by atoms with Crippen LogP contribution in [0.2, 0.25) is 0 Å². The van der Waals surface area contributed by atoms with E-state index in [0.717, 1.165) is 0 Å². The molecule has 2 amide bonds. The van der Waals surface area contributed by atoms with E-state index in [4.69, 9.17) is 0 Å². The van der Waals surface area contributed by atoms with Gasteiger partial charge in [-0.15, -0.1) is 0 Å². The van der Waals surface area contributed by atoms with Gasteiger partial charge in [-0.3, -0.25) is 29.8 Å². The topological polar surface area (TPSA) is 110 Å². The monoisotopic (exact) mass is 291 g/mol. The first-order valence-electron chi connectivity index (χ1n) is 6.32. The second-order valence-corrected chi connectivity index (χ2v) is 4.58. The molecule has 0 aromatic heterocycles. The summed E-state index contributed by atoms with van der Waals surface area (Å²) in [5, 5.41) is 13.0. The Morgan fingerprint density at radius 3 is 2.76 bits per heavy atom. The van der Waals surface area contributed by atoms with Crippen LogP contribution >= 0.6 is 0 Å². The van der Waals surface area contributed by atoms with Crippen LogP contribution in [0.3, 0.4) is 0 Å². The predicted octanol–water partition coefficient (Wildman–Crippen LogP) is 0.649. The Hall–Kier alpha value is -2.77. The third-order valence-electron chi connectivity index (χ3n) is 3.31. The van der Waals surface area contributed by atoms with E-state index in [1.54, 1.807) is 6.92 Å². The van der Waals surface area contributed by atoms with Crippen molar-refractivity contribution in [2.75, 3.05) is 11.4 Å². The van der Waals surface area contributed by atoms with Gasteiger partial charge in [0.25, 0.3) is 5.69 Å². The number of nitro groups is 1. The molecule has 1 N–H and O–H groups in total. The molecule has 2 rings (SSSR count). The maximum atomic E-state index is 11.8. The van der Waals surface area contributed by atoms with Gasteiger partial charge in [0, 0.05) is 11.8 Å². The number of nitrogens with zero attached hydrogens (tertiary/aromatic N) is 2. The summed E-state index contributed by atoms with van der Waals surface area (Å²) in [4.78, 5) is 46.0. The number of hydrogen-bond acceptors (Lipinski definition) is 6. The van der Waals surface area contributed by atoms with Crippen molar-refractivity contribution < 1.29 is 19.3 Å². The summed E-state index contributed by atoms with van der Waals surface area (Å²) in [6.07, 6.45) is 0.848. The number of imide groups is 1. The molecule has 1 atom stereocenters. The zero-order chi connectivity index (χ0) is 15.6. The molecule has 1 aromatic carbocycles. The molecule has 8 nitrogen and oxygen atoms in total. The van der Waals surface area contributed by atoms with Crippen LogP contribution in [-0.4, -0.2) is 35.6 Å². The molecule has 1 aliphatic rings. The van der Waals surface area contributed by atoms with Crippen LogP contribution in [0.4, 0.5) is 11.4 Å². The standard InChI is InChI=1S/C13H13N3O5/c1-2-10-13(19)14-12(18)6-15(10)9-3-4-11(16(20)21)8(5-9)7-17/h3-5,7,10H,2,6H2,1H3,(H,14,18,19). The second kappa shape index (κ2) is 5.70. The van der Waals surface area contributed by atoms with Gasteiger partial charge in [0.15, 0.2) is 6.29 Å². The summed E-state index contributed by atoms with van der Waals surface area (Å²) in [5.74, 6) is -0.865. The first-order chi connectivity index (χ1) is 9.97. The summed E-state index contributed by atoms with van der Waals surface area (Å²) < 4.78 is 0. The fraction of sp³-hybridized carbons (Fsp3) is 0.308. The molecule has 0 bridgehead atoms. The first kappa shape index (κ1) is 14.6. The Morgan fingerprint density at radius 2 is 2.19 bits per heavy atom. The molecule has 1 aliphatic heterocycles. The quantitative estimate of drug-likeness (QED) is 0.377. The lowest BCUT2D eigenvalue weighted by Gasteiger charge is -2.35. The number of rotatable bonds is 4. The van der Waals surface area contributed by atoms with Gasteiger partial charge in [-0.25, -0.2) is 0 Å². The number of piperazine rings is 1. The van der Waals surface area contributed by atoms with E-state index in [1.165, 1.54) is 23.1 Å². The molecule has 0 radical (unpaired) electrons. The van der Waals surface area contributed by atoms with E-state index in [1.807, 2.05) is 0 Å². The molecule has 21 heavy (non-hydrogen) atoms. The van der Waals surface area contributed by atoms with Gasteiger partial charge in [-0.05, 0) is 18.6 Å². The van der Waals surface area contributed by atoms with Gasteiger partial charge in [-0.2, -0.15) is 0 Å². The van der Waals surface area contributed by atoms with E-state index in [-0.39, 0.29) is 17.8 Å². The van der Waals surface area contributed by atoms with Crippen LogP contribution < -0.4 is 10.2 Å². The number of nitrogens with one attached hydrogen (secondary N) is 1. The average molecular weight is 291 g/mol. The van der Waals surface area contributed by atoms with Gasteiger partial charge in [-0.1, -0.05) is 6.92 Å². The molecular formula is C13H13N3O5. The molecule has 1 unspecified atom stereocenters. The summed E-state index contributed by atoms with van der Waals surface area (Å²) in [6, 6.07) is 3.39. The lowest BCUT2D eigenvalue weighted by molar-refractivity contribution is -0.385. The minimum absolute atomic E-state index is 0.0413. The molecule has 0 saturated carbocycles. The molecule has 1 aromatic rings. The van der Waals surface area contributed by atoms with Crippen molar-refractivity contribution in [1.82, 2.24) is 5.32 Å². The fourth-order valence-corrected chi connectivity index (χ4v) is 2.32. The van der Waals surface area contributed by atoms with Crippen LogP contribution in [0.25, 0.3) is 0 Å². The number of hydrogen-bond donors (Lipinski definition) is 1. The summed E-state index contributed by atoms with van der Waals surface area (Å²) in [6.45, 7) is 1.75. The number of benzene rings is 1. The Morgan fingerprint density at radius 1 is 1.48 bits per heavy atom. The lowest BCUT2D eigenvalue weighted by atomic mass is 10.1. The number of anilines is 1. The zero-order valence-corrected chi connectivity index (χ0v) is 11.2. The lowest BCUT2D eigenvalue weighted by Crippen LogP contribution is -2.58.